The zero-order valence-electron chi connectivity index (χ0n) is 25.0. The summed E-state index contributed by atoms with van der Waals surface area (Å²) >= 11 is 0. The first kappa shape index (κ1) is 32.9. The van der Waals surface area contributed by atoms with Crippen LogP contribution in [0.4, 0.5) is 24.5 Å². The van der Waals surface area contributed by atoms with E-state index in [-0.39, 0.29) is 31.0 Å². The van der Waals surface area contributed by atoms with Gasteiger partial charge in [0, 0.05) is 44.1 Å². The van der Waals surface area contributed by atoms with Gasteiger partial charge in [0.2, 0.25) is 10.0 Å². The Kier molecular flexibility index (Phi) is 9.07. The minimum atomic E-state index is -4.48. The molecule has 0 spiro atoms. The van der Waals surface area contributed by atoms with E-state index < -0.39 is 37.6 Å². The van der Waals surface area contributed by atoms with E-state index in [1.54, 1.807) is 58.5 Å². The molecule has 5 rings (SSSR count). The summed E-state index contributed by atoms with van der Waals surface area (Å²) in [7, 11) is -4.88. The van der Waals surface area contributed by atoms with Crippen LogP contribution in [-0.2, 0) is 45.1 Å². The maximum absolute atomic E-state index is 13.4. The van der Waals surface area contributed by atoms with Crippen LogP contribution < -0.4 is 14.4 Å². The number of imidazole rings is 1. The molecule has 0 radical (unpaired) electrons. The van der Waals surface area contributed by atoms with E-state index in [0.29, 0.717) is 53.8 Å². The summed E-state index contributed by atoms with van der Waals surface area (Å²) in [5.41, 5.74) is 1.51. The van der Waals surface area contributed by atoms with Crippen LogP contribution in [0.2, 0.25) is 0 Å². The molecule has 244 valence electrons. The van der Waals surface area contributed by atoms with Crippen molar-refractivity contribution in [2.24, 2.45) is 14.1 Å². The lowest BCUT2D eigenvalue weighted by Gasteiger charge is -2.26. The Morgan fingerprint density at radius 2 is 1.73 bits per heavy atom. The Balaban J connectivity index is 1.53. The van der Waals surface area contributed by atoms with Crippen molar-refractivity contribution >= 4 is 48.6 Å². The van der Waals surface area contributed by atoms with Gasteiger partial charge in [-0.05, 0) is 49.8 Å². The summed E-state index contributed by atoms with van der Waals surface area (Å²) in [5, 5.41) is 0. The first-order chi connectivity index (χ1) is 21.1. The molecule has 0 atom stereocenters. The number of fused-ring (bicyclic) bond motifs is 2. The maximum Gasteiger partial charge on any atom is 0.416 e. The summed E-state index contributed by atoms with van der Waals surface area (Å²) < 4.78 is 111. The van der Waals surface area contributed by atoms with Crippen LogP contribution in [0.25, 0.3) is 17.1 Å². The number of nitrogens with zero attached hydrogens (tertiary/aromatic N) is 5. The minimum absolute atomic E-state index is 0.00399. The van der Waals surface area contributed by atoms with E-state index in [1.165, 1.54) is 16.4 Å². The number of allylic oxidation sites excluding steroid dienone is 2. The fraction of sp³-hybridized carbons (Fsp3) is 0.414. The molecule has 0 unspecified atom stereocenters. The molecule has 0 saturated carbocycles. The average molecular weight is 670 g/mol. The molecule has 0 bridgehead atoms. The zero-order chi connectivity index (χ0) is 32.7. The molecule has 0 N–H and O–H groups in total. The van der Waals surface area contributed by atoms with E-state index in [9.17, 15) is 34.6 Å². The summed E-state index contributed by atoms with van der Waals surface area (Å²) in [6, 6.07) is 8.37. The molecule has 45 heavy (non-hydrogen) atoms. The Labute approximate surface area is 260 Å². The van der Waals surface area contributed by atoms with Gasteiger partial charge in [-0.1, -0.05) is 6.08 Å². The number of benzene rings is 2. The summed E-state index contributed by atoms with van der Waals surface area (Å²) in [5.74, 6) is 0.641. The van der Waals surface area contributed by atoms with Crippen LogP contribution >= 0.6 is 0 Å². The maximum atomic E-state index is 13.4. The van der Waals surface area contributed by atoms with Crippen molar-refractivity contribution in [3.05, 3.63) is 65.8 Å². The zero-order valence-corrected chi connectivity index (χ0v) is 26.6. The van der Waals surface area contributed by atoms with Gasteiger partial charge in [0.25, 0.3) is 5.82 Å². The lowest BCUT2D eigenvalue weighted by Crippen LogP contribution is -2.40. The fourth-order valence-electron chi connectivity index (χ4n) is 5.75. The van der Waals surface area contributed by atoms with Gasteiger partial charge in [-0.25, -0.2) is 26.0 Å². The van der Waals surface area contributed by atoms with E-state index in [1.807, 2.05) is 11.8 Å². The first-order valence-electron chi connectivity index (χ1n) is 14.3. The largest absolute Gasteiger partial charge is 0.748 e. The number of ether oxygens (including phenoxy) is 1. The topological polar surface area (TPSA) is 119 Å². The van der Waals surface area contributed by atoms with Crippen LogP contribution in [0.5, 0.6) is 0 Å². The highest BCUT2D eigenvalue weighted by Gasteiger charge is 2.34. The van der Waals surface area contributed by atoms with Gasteiger partial charge in [0.15, 0.2) is 11.0 Å². The Bertz CT molecular complexity index is 1880. The summed E-state index contributed by atoms with van der Waals surface area (Å²) in [6.45, 7) is 3.55. The van der Waals surface area contributed by atoms with Gasteiger partial charge in [0.05, 0.1) is 59.3 Å². The third kappa shape index (κ3) is 6.60. The van der Waals surface area contributed by atoms with E-state index in [4.69, 9.17) is 4.74 Å². The monoisotopic (exact) mass is 669 g/mol. The predicted molar refractivity (Wildman–Crippen MR) is 162 cm³/mol. The molecule has 11 nitrogen and oxygen atoms in total. The van der Waals surface area contributed by atoms with E-state index in [0.717, 1.165) is 12.1 Å². The molecular weight excluding hydrogens is 635 g/mol. The number of anilines is 2. The Morgan fingerprint density at radius 3 is 2.38 bits per heavy atom. The van der Waals surface area contributed by atoms with E-state index >= 15 is 0 Å². The highest BCUT2D eigenvalue weighted by Crippen LogP contribution is 2.43. The number of sulfonamides is 1. The van der Waals surface area contributed by atoms with Crippen molar-refractivity contribution in [3.8, 4) is 0 Å². The average Bonchev–Trinajstić information content (AvgIpc) is 3.41. The highest BCUT2D eigenvalue weighted by molar-refractivity contribution is 7.89. The second-order valence-electron chi connectivity index (χ2n) is 10.7. The lowest BCUT2D eigenvalue weighted by molar-refractivity contribution is -0.647. The molecule has 0 amide bonds. The standard InChI is InChI=1S/C29H34F3N5O6S2/c1-4-36-24-12-10-22(45(41,42)35-14-16-43-17-15-35)20-26(24)37(13-6-18-44(38,39)40)28(36)8-5-7-27-33(2)23-11-9-21(29(30,31)32)19-25(23)34(27)3/h5,7-12,19-20H,4,6,13-18H2,1-3H3. The van der Waals surface area contributed by atoms with Crippen LogP contribution in [0.15, 0.2) is 59.3 Å². The summed E-state index contributed by atoms with van der Waals surface area (Å²) in [4.78, 5) is 3.80. The fourth-order valence-corrected chi connectivity index (χ4v) is 7.66. The number of halogens is 3. The molecular formula is C29H34F3N5O6S2. The lowest BCUT2D eigenvalue weighted by atomic mass is 10.2. The molecule has 1 saturated heterocycles. The second-order valence-corrected chi connectivity index (χ2v) is 14.2. The molecule has 16 heteroatoms. The molecule has 3 aromatic rings. The van der Waals surface area contributed by atoms with Gasteiger partial charge in [-0.15, -0.1) is 0 Å². The van der Waals surface area contributed by atoms with Gasteiger partial charge >= 0.3 is 6.18 Å². The Hall–Kier alpha value is -3.44. The normalized spacial score (nSPS) is 17.7. The smallest absolute Gasteiger partial charge is 0.416 e. The second kappa shape index (κ2) is 12.4. The quantitative estimate of drug-likeness (QED) is 0.252. The van der Waals surface area contributed by atoms with Gasteiger partial charge in [-0.3, -0.25) is 0 Å². The molecule has 2 aliphatic rings. The summed E-state index contributed by atoms with van der Waals surface area (Å²) in [6.07, 6.45) is 0.764. The molecule has 3 heterocycles. The molecule has 1 aromatic heterocycles. The number of aryl methyl sites for hydroxylation is 2. The van der Waals surface area contributed by atoms with Gasteiger partial charge in [-0.2, -0.15) is 17.5 Å². The number of hydrogen-bond donors (Lipinski definition) is 0. The van der Waals surface area contributed by atoms with Crippen molar-refractivity contribution in [2.75, 3.05) is 54.9 Å². The van der Waals surface area contributed by atoms with Crippen molar-refractivity contribution in [2.45, 2.75) is 24.4 Å². The number of alkyl halides is 3. The predicted octanol–water partition coefficient (Wildman–Crippen LogP) is 3.18. The molecule has 0 aliphatic carbocycles. The van der Waals surface area contributed by atoms with Gasteiger partial charge in [0.1, 0.15) is 5.82 Å². The third-order valence-electron chi connectivity index (χ3n) is 7.99. The Morgan fingerprint density at radius 1 is 1.02 bits per heavy atom. The van der Waals surface area contributed by atoms with Crippen LogP contribution in [0.3, 0.4) is 0 Å². The van der Waals surface area contributed by atoms with E-state index in [2.05, 4.69) is 0 Å². The number of morpholine rings is 1. The molecule has 2 aromatic carbocycles. The van der Waals surface area contributed by atoms with Crippen LogP contribution in [-0.4, -0.2) is 75.4 Å². The van der Waals surface area contributed by atoms with Crippen LogP contribution in [0, 0.1) is 0 Å². The molecule has 1 fully saturated rings. The number of aromatic nitrogens is 2. The number of rotatable bonds is 9. The SMILES string of the molecule is CCN1/C(=C\C=C\c2n(C)c3cc(C(F)(F)F)ccc3[n+]2C)N(CCCS(=O)(=O)[O-])c2cc(S(=O)(=O)N3CCOCC3)ccc21. The first-order valence-corrected chi connectivity index (χ1v) is 17.3. The van der Waals surface area contributed by atoms with Gasteiger partial charge < -0.3 is 19.1 Å². The van der Waals surface area contributed by atoms with Crippen molar-refractivity contribution in [1.29, 1.82) is 0 Å². The third-order valence-corrected chi connectivity index (χ3v) is 10.7. The number of hydrogen-bond acceptors (Lipinski definition) is 8. The highest BCUT2D eigenvalue weighted by atomic mass is 32.2. The van der Waals surface area contributed by atoms with Crippen molar-refractivity contribution in [1.82, 2.24) is 8.87 Å². The van der Waals surface area contributed by atoms with Crippen LogP contribution in [0.1, 0.15) is 24.7 Å². The molecule has 2 aliphatic heterocycles. The minimum Gasteiger partial charge on any atom is -0.748 e. The van der Waals surface area contributed by atoms with Crippen molar-refractivity contribution < 1.29 is 43.9 Å². The van der Waals surface area contributed by atoms with Crippen molar-refractivity contribution in [3.63, 3.8) is 0 Å².